The van der Waals surface area contributed by atoms with E-state index in [2.05, 4.69) is 0 Å². The van der Waals surface area contributed by atoms with Crippen LogP contribution in [0, 0.1) is 5.92 Å². The van der Waals surface area contributed by atoms with Gasteiger partial charge in [-0.25, -0.2) is 4.79 Å². The third kappa shape index (κ3) is 4.15. The van der Waals surface area contributed by atoms with E-state index in [1.165, 1.54) is 17.4 Å². The van der Waals surface area contributed by atoms with Crippen molar-refractivity contribution in [3.8, 4) is 0 Å². The summed E-state index contributed by atoms with van der Waals surface area (Å²) in [7, 11) is 1.68. The fourth-order valence-electron chi connectivity index (χ4n) is 2.55. The van der Waals surface area contributed by atoms with Crippen LogP contribution in [0.15, 0.2) is 17.5 Å². The molecule has 1 aromatic heterocycles. The second-order valence-electron chi connectivity index (χ2n) is 5.09. The van der Waals surface area contributed by atoms with Crippen LogP contribution in [0.2, 0.25) is 0 Å². The van der Waals surface area contributed by atoms with Crippen LogP contribution in [0.3, 0.4) is 0 Å². The third-order valence-corrected chi connectivity index (χ3v) is 4.42. The number of thiophene rings is 1. The first-order valence-corrected chi connectivity index (χ1v) is 7.76. The molecule has 0 saturated carbocycles. The minimum atomic E-state index is -1.02. The molecule has 0 spiro atoms. The van der Waals surface area contributed by atoms with Crippen molar-refractivity contribution in [1.82, 2.24) is 4.90 Å². The molecule has 1 amide bonds. The van der Waals surface area contributed by atoms with Gasteiger partial charge in [-0.2, -0.15) is 0 Å². The van der Waals surface area contributed by atoms with Gasteiger partial charge in [0, 0.05) is 26.3 Å². The van der Waals surface area contributed by atoms with Crippen molar-refractivity contribution in [2.24, 2.45) is 5.92 Å². The van der Waals surface area contributed by atoms with Crippen LogP contribution in [-0.4, -0.2) is 48.7 Å². The number of nitrogens with zero attached hydrogens (tertiary/aromatic N) is 1. The van der Waals surface area contributed by atoms with Crippen molar-refractivity contribution in [1.29, 1.82) is 0 Å². The van der Waals surface area contributed by atoms with Crippen LogP contribution >= 0.6 is 11.3 Å². The lowest BCUT2D eigenvalue weighted by molar-refractivity contribution is -0.131. The number of carbonyl (C=O) groups excluding carboxylic acids is 1. The number of aliphatic carboxylic acids is 1. The molecule has 1 aromatic rings. The van der Waals surface area contributed by atoms with Crippen LogP contribution in [0.1, 0.15) is 28.1 Å². The van der Waals surface area contributed by atoms with Gasteiger partial charge in [0.05, 0.1) is 11.5 Å². The number of carboxylic acids is 1. The van der Waals surface area contributed by atoms with Crippen LogP contribution in [-0.2, 0) is 9.53 Å². The van der Waals surface area contributed by atoms with E-state index in [1.807, 2.05) is 10.3 Å². The van der Waals surface area contributed by atoms with Gasteiger partial charge in [-0.1, -0.05) is 0 Å². The lowest BCUT2D eigenvalue weighted by atomic mass is 9.98. The normalized spacial score (nSPS) is 19.1. The van der Waals surface area contributed by atoms with Crippen molar-refractivity contribution in [3.63, 3.8) is 0 Å². The van der Waals surface area contributed by atoms with E-state index in [1.54, 1.807) is 13.2 Å². The van der Waals surface area contributed by atoms with E-state index in [0.29, 0.717) is 29.5 Å². The molecule has 6 heteroatoms. The Balaban J connectivity index is 2.09. The number of hydrogen-bond donors (Lipinski definition) is 1. The minimum Gasteiger partial charge on any atom is -0.478 e. The lowest BCUT2D eigenvalue weighted by Gasteiger charge is -2.32. The number of likely N-dealkylation sites (tertiary alicyclic amines) is 1. The molecule has 0 radical (unpaired) electrons. The lowest BCUT2D eigenvalue weighted by Crippen LogP contribution is -2.41. The van der Waals surface area contributed by atoms with Gasteiger partial charge in [-0.3, -0.25) is 4.79 Å². The molecule has 21 heavy (non-hydrogen) atoms. The molecule has 0 aliphatic carbocycles. The summed E-state index contributed by atoms with van der Waals surface area (Å²) in [5.41, 5.74) is 0.668. The first-order chi connectivity index (χ1) is 10.1. The Labute approximate surface area is 127 Å². The molecule has 1 unspecified atom stereocenters. The summed E-state index contributed by atoms with van der Waals surface area (Å²) in [4.78, 5) is 25.6. The quantitative estimate of drug-likeness (QED) is 0.848. The van der Waals surface area contributed by atoms with Crippen LogP contribution < -0.4 is 0 Å². The molecule has 5 nitrogen and oxygen atoms in total. The van der Waals surface area contributed by atoms with Crippen molar-refractivity contribution in [2.75, 3.05) is 26.8 Å². The van der Waals surface area contributed by atoms with Gasteiger partial charge in [0.2, 0.25) is 0 Å². The van der Waals surface area contributed by atoms with Gasteiger partial charge < -0.3 is 14.7 Å². The number of amides is 1. The van der Waals surface area contributed by atoms with Gasteiger partial charge in [0.25, 0.3) is 5.91 Å². The summed E-state index contributed by atoms with van der Waals surface area (Å²) in [5, 5.41) is 10.5. The highest BCUT2D eigenvalue weighted by Crippen LogP contribution is 2.24. The van der Waals surface area contributed by atoms with Crippen LogP contribution in [0.4, 0.5) is 0 Å². The summed E-state index contributed by atoms with van der Waals surface area (Å²) in [6.45, 7) is 2.12. The summed E-state index contributed by atoms with van der Waals surface area (Å²) in [5.74, 6) is -0.653. The fraction of sp³-hybridized carbons (Fsp3) is 0.467. The highest BCUT2D eigenvalue weighted by atomic mass is 32.1. The predicted molar refractivity (Wildman–Crippen MR) is 81.5 cm³/mol. The zero-order valence-corrected chi connectivity index (χ0v) is 12.8. The van der Waals surface area contributed by atoms with Crippen molar-refractivity contribution in [3.05, 3.63) is 28.0 Å². The molecule has 2 rings (SSSR count). The molecule has 1 saturated heterocycles. The summed E-state index contributed by atoms with van der Waals surface area (Å²) < 4.78 is 5.18. The van der Waals surface area contributed by atoms with Gasteiger partial charge in [-0.05, 0) is 41.8 Å². The van der Waals surface area contributed by atoms with Crippen molar-refractivity contribution < 1.29 is 19.4 Å². The standard InChI is InChI=1S/C15H19NO4S/c1-20-10-11-3-2-7-16(9-11)15(19)14-12(6-8-21-14)4-5-13(17)18/h4-6,8,11H,2-3,7,9-10H2,1H3,(H,17,18)/b5-4+. The molecule has 0 bridgehead atoms. The van der Waals surface area contributed by atoms with E-state index < -0.39 is 5.97 Å². The van der Waals surface area contributed by atoms with E-state index in [0.717, 1.165) is 25.5 Å². The van der Waals surface area contributed by atoms with Gasteiger partial charge >= 0.3 is 5.97 Å². The Bertz CT molecular complexity index is 536. The molecule has 114 valence electrons. The van der Waals surface area contributed by atoms with Gasteiger partial charge in [0.15, 0.2) is 0 Å². The average Bonchev–Trinajstić information content (AvgIpc) is 2.93. The molecular formula is C15H19NO4S. The maximum absolute atomic E-state index is 12.6. The van der Waals surface area contributed by atoms with Crippen LogP contribution in [0.5, 0.6) is 0 Å². The fourth-order valence-corrected chi connectivity index (χ4v) is 3.40. The minimum absolute atomic E-state index is 0.0177. The monoisotopic (exact) mass is 309 g/mol. The van der Waals surface area contributed by atoms with Gasteiger partial charge in [-0.15, -0.1) is 11.3 Å². The van der Waals surface area contributed by atoms with Crippen molar-refractivity contribution >= 4 is 29.3 Å². The largest absolute Gasteiger partial charge is 0.478 e. The molecule has 1 fully saturated rings. The topological polar surface area (TPSA) is 66.8 Å². The summed E-state index contributed by atoms with van der Waals surface area (Å²) in [6.07, 6.45) is 4.59. The molecule has 1 aliphatic heterocycles. The number of rotatable bonds is 5. The van der Waals surface area contributed by atoms with Crippen LogP contribution in [0.25, 0.3) is 6.08 Å². The second-order valence-corrected chi connectivity index (χ2v) is 6.01. The Morgan fingerprint density at radius 3 is 3.10 bits per heavy atom. The molecule has 2 heterocycles. The zero-order chi connectivity index (χ0) is 15.2. The number of ether oxygens (including phenoxy) is 1. The zero-order valence-electron chi connectivity index (χ0n) is 11.9. The molecule has 1 atom stereocenters. The first-order valence-electron chi connectivity index (χ1n) is 6.88. The number of carboxylic acid groups (broad SMARTS) is 1. The molecular weight excluding hydrogens is 290 g/mol. The Hall–Kier alpha value is -1.66. The van der Waals surface area contributed by atoms with E-state index in [4.69, 9.17) is 9.84 Å². The number of hydrogen-bond acceptors (Lipinski definition) is 4. The third-order valence-electron chi connectivity index (χ3n) is 3.50. The Kier molecular flexibility index (Phi) is 5.52. The number of methoxy groups -OCH3 is 1. The molecule has 1 aliphatic rings. The highest BCUT2D eigenvalue weighted by molar-refractivity contribution is 7.12. The predicted octanol–water partition coefficient (Wildman–Crippen LogP) is 2.34. The maximum atomic E-state index is 12.6. The van der Waals surface area contributed by atoms with E-state index in [-0.39, 0.29) is 5.91 Å². The average molecular weight is 309 g/mol. The number of piperidine rings is 1. The molecule has 0 aromatic carbocycles. The SMILES string of the molecule is COCC1CCCN(C(=O)c2sccc2/C=C/C(=O)O)C1. The smallest absolute Gasteiger partial charge is 0.328 e. The van der Waals surface area contributed by atoms with Crippen molar-refractivity contribution in [2.45, 2.75) is 12.8 Å². The highest BCUT2D eigenvalue weighted by Gasteiger charge is 2.26. The first kappa shape index (κ1) is 15.7. The maximum Gasteiger partial charge on any atom is 0.328 e. The molecule has 1 N–H and O–H groups in total. The number of carbonyl (C=O) groups is 2. The second kappa shape index (κ2) is 7.38. The summed E-state index contributed by atoms with van der Waals surface area (Å²) in [6, 6.07) is 1.77. The summed E-state index contributed by atoms with van der Waals surface area (Å²) >= 11 is 1.35. The van der Waals surface area contributed by atoms with E-state index >= 15 is 0 Å². The van der Waals surface area contributed by atoms with E-state index in [9.17, 15) is 9.59 Å². The Morgan fingerprint density at radius 1 is 1.57 bits per heavy atom. The van der Waals surface area contributed by atoms with Gasteiger partial charge in [0.1, 0.15) is 0 Å². The Morgan fingerprint density at radius 2 is 2.38 bits per heavy atom.